The molecule has 1 aromatic carbocycles. The maximum Gasteiger partial charge on any atom is 0.267 e. The molecular weight excluding hydrogens is 342 g/mol. The highest BCUT2D eigenvalue weighted by atomic mass is 16.1. The Kier molecular flexibility index (Phi) is 3.84. The number of carbonyl (C=O) groups is 1. The zero-order valence-corrected chi connectivity index (χ0v) is 14.6. The van der Waals surface area contributed by atoms with Crippen LogP contribution in [0.2, 0.25) is 0 Å². The monoisotopic (exact) mass is 359 g/mol. The molecule has 3 heterocycles. The zero-order chi connectivity index (χ0) is 19.1. The van der Waals surface area contributed by atoms with E-state index < -0.39 is 5.91 Å². The van der Waals surface area contributed by atoms with Gasteiger partial charge < -0.3 is 10.3 Å². The van der Waals surface area contributed by atoms with Crippen LogP contribution in [-0.2, 0) is 6.54 Å². The minimum atomic E-state index is -0.753. The highest BCUT2D eigenvalue weighted by Crippen LogP contribution is 2.12. The summed E-state index contributed by atoms with van der Waals surface area (Å²) in [5.74, 6) is -0.753. The molecule has 4 aromatic rings. The van der Waals surface area contributed by atoms with Gasteiger partial charge in [-0.2, -0.15) is 0 Å². The minimum Gasteiger partial charge on any atom is -0.365 e. The van der Waals surface area contributed by atoms with Crippen LogP contribution in [0, 0.1) is 12.3 Å². The van der Waals surface area contributed by atoms with E-state index in [2.05, 4.69) is 4.98 Å². The van der Waals surface area contributed by atoms with Crippen molar-refractivity contribution in [3.63, 3.8) is 0 Å². The van der Waals surface area contributed by atoms with Crippen molar-refractivity contribution in [2.24, 2.45) is 5.73 Å². The van der Waals surface area contributed by atoms with Gasteiger partial charge in [-0.15, -0.1) is 0 Å². The summed E-state index contributed by atoms with van der Waals surface area (Å²) in [4.78, 5) is 29.3. The SMILES string of the molecule is Cc1ccc(Cn2c(=N)c(C(N)=O)cc3c(=O)n4ccccc4nc32)cc1. The first-order chi connectivity index (χ1) is 13.0. The van der Waals surface area contributed by atoms with E-state index in [-0.39, 0.29) is 22.0 Å². The quantitative estimate of drug-likeness (QED) is 0.542. The Hall–Kier alpha value is -3.74. The highest BCUT2D eigenvalue weighted by Gasteiger charge is 2.16. The number of nitrogens with two attached hydrogens (primary N) is 1. The van der Waals surface area contributed by atoms with Crippen LogP contribution < -0.4 is 16.8 Å². The molecule has 1 amide bonds. The molecule has 0 atom stereocenters. The first-order valence-electron chi connectivity index (χ1n) is 8.40. The zero-order valence-electron chi connectivity index (χ0n) is 14.6. The molecule has 3 N–H and O–H groups in total. The summed E-state index contributed by atoms with van der Waals surface area (Å²) in [5.41, 5.74) is 7.93. The number of pyridine rings is 2. The second-order valence-corrected chi connectivity index (χ2v) is 6.43. The second-order valence-electron chi connectivity index (χ2n) is 6.43. The minimum absolute atomic E-state index is 0.00982. The van der Waals surface area contributed by atoms with Gasteiger partial charge in [0.1, 0.15) is 16.8 Å². The smallest absolute Gasteiger partial charge is 0.267 e. The summed E-state index contributed by atoms with van der Waals surface area (Å²) in [7, 11) is 0. The predicted octanol–water partition coefficient (Wildman–Crippen LogP) is 1.58. The number of benzene rings is 1. The van der Waals surface area contributed by atoms with Gasteiger partial charge in [-0.1, -0.05) is 35.9 Å². The number of nitrogens with one attached hydrogen (secondary N) is 1. The summed E-state index contributed by atoms with van der Waals surface area (Å²) in [6.45, 7) is 2.29. The van der Waals surface area contributed by atoms with Crippen LogP contribution >= 0.6 is 0 Å². The molecule has 0 unspecified atom stereocenters. The molecule has 0 radical (unpaired) electrons. The largest absolute Gasteiger partial charge is 0.365 e. The first-order valence-corrected chi connectivity index (χ1v) is 8.40. The van der Waals surface area contributed by atoms with Crippen LogP contribution in [0.5, 0.6) is 0 Å². The molecule has 0 spiro atoms. The molecule has 134 valence electrons. The lowest BCUT2D eigenvalue weighted by molar-refractivity contribution is 0.0998. The summed E-state index contributed by atoms with van der Waals surface area (Å²) in [6.07, 6.45) is 1.62. The number of nitrogens with zero attached hydrogens (tertiary/aromatic N) is 3. The fourth-order valence-corrected chi connectivity index (χ4v) is 3.10. The van der Waals surface area contributed by atoms with Crippen molar-refractivity contribution in [2.45, 2.75) is 13.5 Å². The van der Waals surface area contributed by atoms with Gasteiger partial charge >= 0.3 is 0 Å². The van der Waals surface area contributed by atoms with E-state index in [1.165, 1.54) is 10.5 Å². The maximum atomic E-state index is 12.9. The number of rotatable bonds is 3. The van der Waals surface area contributed by atoms with Crippen LogP contribution in [0.25, 0.3) is 16.7 Å². The standard InChI is InChI=1S/C20H17N5O2/c1-12-5-7-13(8-6-12)11-25-17(21)14(18(22)26)10-15-19(25)23-16-4-2-3-9-24(16)20(15)27/h2-10,21H,11H2,1H3,(H2,22,26). The summed E-state index contributed by atoms with van der Waals surface area (Å²) in [5, 5.41) is 8.69. The molecule has 7 heteroatoms. The van der Waals surface area contributed by atoms with Crippen LogP contribution in [0.3, 0.4) is 0 Å². The first kappa shape index (κ1) is 16.7. The van der Waals surface area contributed by atoms with Crippen molar-refractivity contribution in [3.8, 4) is 0 Å². The predicted molar refractivity (Wildman–Crippen MR) is 102 cm³/mol. The van der Waals surface area contributed by atoms with Gasteiger partial charge in [-0.25, -0.2) is 4.98 Å². The van der Waals surface area contributed by atoms with Crippen LogP contribution in [0.1, 0.15) is 21.5 Å². The third kappa shape index (κ3) is 2.79. The molecule has 0 aliphatic heterocycles. The van der Waals surface area contributed by atoms with Crippen molar-refractivity contribution in [3.05, 3.63) is 87.3 Å². The molecule has 0 saturated heterocycles. The summed E-state index contributed by atoms with van der Waals surface area (Å²) >= 11 is 0. The Labute approximate surface area is 153 Å². The van der Waals surface area contributed by atoms with Gasteiger partial charge in [0, 0.05) is 6.20 Å². The molecule has 0 aliphatic rings. The van der Waals surface area contributed by atoms with Crippen LogP contribution in [-0.4, -0.2) is 19.9 Å². The fraction of sp³-hybridized carbons (Fsp3) is 0.100. The van der Waals surface area contributed by atoms with E-state index in [9.17, 15) is 9.59 Å². The number of fused-ring (bicyclic) bond motifs is 2. The number of amides is 1. The second kappa shape index (κ2) is 6.21. The van der Waals surface area contributed by atoms with Crippen LogP contribution in [0.15, 0.2) is 59.5 Å². The molecule has 4 rings (SSSR count). The molecule has 3 aromatic heterocycles. The third-order valence-electron chi connectivity index (χ3n) is 4.55. The number of aromatic nitrogens is 3. The molecular formula is C20H17N5O2. The number of primary amides is 1. The van der Waals surface area contributed by atoms with E-state index in [0.717, 1.165) is 11.1 Å². The van der Waals surface area contributed by atoms with E-state index in [0.29, 0.717) is 17.8 Å². The van der Waals surface area contributed by atoms with E-state index in [1.54, 1.807) is 29.0 Å². The lowest BCUT2D eigenvalue weighted by Gasteiger charge is -2.14. The Morgan fingerprint density at radius 3 is 2.63 bits per heavy atom. The molecule has 0 aliphatic carbocycles. The normalized spacial score (nSPS) is 11.1. The molecule has 27 heavy (non-hydrogen) atoms. The van der Waals surface area contributed by atoms with Gasteiger partial charge in [0.05, 0.1) is 17.5 Å². The summed E-state index contributed by atoms with van der Waals surface area (Å²) in [6, 6.07) is 14.4. The lowest BCUT2D eigenvalue weighted by atomic mass is 10.1. The average molecular weight is 359 g/mol. The number of aryl methyl sites for hydroxylation is 1. The van der Waals surface area contributed by atoms with E-state index in [1.807, 2.05) is 31.2 Å². The lowest BCUT2D eigenvalue weighted by Crippen LogP contribution is -2.32. The molecule has 0 fully saturated rings. The van der Waals surface area contributed by atoms with E-state index in [4.69, 9.17) is 11.1 Å². The Balaban J connectivity index is 2.09. The van der Waals surface area contributed by atoms with Gasteiger partial charge in [0.15, 0.2) is 0 Å². The average Bonchev–Trinajstić information content (AvgIpc) is 2.65. The Morgan fingerprint density at radius 2 is 1.93 bits per heavy atom. The molecule has 0 bridgehead atoms. The highest BCUT2D eigenvalue weighted by molar-refractivity contribution is 5.95. The third-order valence-corrected chi connectivity index (χ3v) is 4.55. The van der Waals surface area contributed by atoms with Crippen LogP contribution in [0.4, 0.5) is 0 Å². The van der Waals surface area contributed by atoms with Gasteiger partial charge in [-0.3, -0.25) is 19.4 Å². The van der Waals surface area contributed by atoms with Gasteiger partial charge in [-0.05, 0) is 30.7 Å². The Morgan fingerprint density at radius 1 is 1.19 bits per heavy atom. The molecule has 0 saturated carbocycles. The number of carbonyl (C=O) groups excluding carboxylic acids is 1. The summed E-state index contributed by atoms with van der Waals surface area (Å²) < 4.78 is 2.96. The van der Waals surface area contributed by atoms with Gasteiger partial charge in [0.2, 0.25) is 0 Å². The number of hydrogen-bond acceptors (Lipinski definition) is 4. The number of hydrogen-bond donors (Lipinski definition) is 2. The Bertz CT molecular complexity index is 1320. The van der Waals surface area contributed by atoms with Crippen molar-refractivity contribution in [1.29, 1.82) is 5.41 Å². The fourth-order valence-electron chi connectivity index (χ4n) is 3.10. The maximum absolute atomic E-state index is 12.9. The van der Waals surface area contributed by atoms with Crippen molar-refractivity contribution < 1.29 is 4.79 Å². The molecule has 7 nitrogen and oxygen atoms in total. The van der Waals surface area contributed by atoms with E-state index >= 15 is 0 Å². The van der Waals surface area contributed by atoms with Crippen molar-refractivity contribution >= 4 is 22.6 Å². The van der Waals surface area contributed by atoms with Crippen molar-refractivity contribution in [1.82, 2.24) is 14.0 Å². The van der Waals surface area contributed by atoms with Gasteiger partial charge in [0.25, 0.3) is 11.5 Å². The topological polar surface area (TPSA) is 106 Å². The van der Waals surface area contributed by atoms with Crippen molar-refractivity contribution in [2.75, 3.05) is 0 Å².